The number of aryl methyl sites for hydroxylation is 2. The van der Waals surface area contributed by atoms with E-state index >= 15 is 0 Å². The summed E-state index contributed by atoms with van der Waals surface area (Å²) in [6.45, 7) is 49.6. The molecular weight excluding hydrogens is 1400 g/mol. The lowest BCUT2D eigenvalue weighted by atomic mass is 9.33. The maximum Gasteiger partial charge on any atom is 0.252 e. The summed E-state index contributed by atoms with van der Waals surface area (Å²) in [5.41, 5.74) is 30.9. The number of hydrogen-bond donors (Lipinski definition) is 0. The van der Waals surface area contributed by atoms with Gasteiger partial charge in [-0.3, -0.25) is 0 Å². The van der Waals surface area contributed by atoms with Gasteiger partial charge in [0.05, 0.1) is 22.4 Å². The quantitative estimate of drug-likeness (QED) is 0.133. The summed E-state index contributed by atoms with van der Waals surface area (Å²) in [6, 6.07) is 95.1. The van der Waals surface area contributed by atoms with Crippen molar-refractivity contribution in [3.63, 3.8) is 0 Å². The van der Waals surface area contributed by atoms with E-state index in [9.17, 15) is 8.22 Å². The molecule has 3 heterocycles. The standard InChI is InChI=1S/C112H120BN3/c1-69-36-33-37-70(2)101(69)75-46-52-93-97(58-75)115(103-86(71-38-29-27-30-39-71)63-82(110(18,19)20)65-88(103)73-42-34-44-77(56-73)105(3,4)5)99-59-76(85-51-47-81(109(15,16)17)67-92(85)112(24,25)26)60-100-102(99)113(93)94-53-50-84(114-95-54-48-79(107(9,10)11)61-90(95)91-62-80(108(12,13)14)49-55-96(91)114)68-98(94)116(100)104-87(72-40-31-28-32-41-72)64-83(111(21,22)23)66-89(104)74-43-35-45-78(57-74)106(6,7)8/h27-68H,1-26H3/i1D3,2D3. The Kier molecular flexibility index (Phi) is 17.4. The molecule has 0 amide bonds. The summed E-state index contributed by atoms with van der Waals surface area (Å²) < 4.78 is 58.7. The van der Waals surface area contributed by atoms with Gasteiger partial charge in [-0.2, -0.15) is 0 Å². The van der Waals surface area contributed by atoms with Gasteiger partial charge in [-0.1, -0.05) is 342 Å². The second kappa shape index (κ2) is 28.0. The predicted octanol–water partition coefficient (Wildman–Crippen LogP) is 29.9. The van der Waals surface area contributed by atoms with Crippen LogP contribution in [0.4, 0.5) is 34.1 Å². The van der Waals surface area contributed by atoms with Crippen molar-refractivity contribution in [2.75, 3.05) is 9.80 Å². The van der Waals surface area contributed by atoms with Crippen LogP contribution in [0.15, 0.2) is 255 Å². The molecule has 0 saturated heterocycles. The van der Waals surface area contributed by atoms with Gasteiger partial charge < -0.3 is 14.4 Å². The van der Waals surface area contributed by atoms with E-state index in [1.54, 1.807) is 18.2 Å². The van der Waals surface area contributed by atoms with Gasteiger partial charge in [-0.15, -0.1) is 0 Å². The topological polar surface area (TPSA) is 11.4 Å². The van der Waals surface area contributed by atoms with E-state index in [2.05, 4.69) is 411 Å². The molecule has 586 valence electrons. The molecule has 0 radical (unpaired) electrons. The van der Waals surface area contributed by atoms with Crippen LogP contribution in [0.5, 0.6) is 0 Å². The Morgan fingerprint density at radius 2 is 0.629 bits per heavy atom. The molecule has 0 atom stereocenters. The summed E-state index contributed by atoms with van der Waals surface area (Å²) in [5.74, 6) is 0. The lowest BCUT2D eigenvalue weighted by Crippen LogP contribution is -2.61. The van der Waals surface area contributed by atoms with Gasteiger partial charge in [0, 0.05) is 69.7 Å². The molecule has 14 aromatic rings. The third kappa shape index (κ3) is 14.2. The zero-order chi connectivity index (χ0) is 87.8. The maximum absolute atomic E-state index is 9.36. The van der Waals surface area contributed by atoms with Crippen LogP contribution in [0.2, 0.25) is 0 Å². The van der Waals surface area contributed by atoms with Crippen LogP contribution < -0.4 is 26.2 Å². The van der Waals surface area contributed by atoms with E-state index in [-0.39, 0.29) is 60.0 Å². The highest BCUT2D eigenvalue weighted by molar-refractivity contribution is 7.00. The van der Waals surface area contributed by atoms with Crippen molar-refractivity contribution < 1.29 is 8.22 Å². The molecule has 1 aromatic heterocycles. The number of nitrogens with zero attached hydrogens (tertiary/aromatic N) is 3. The minimum atomic E-state index is -2.70. The molecule has 2 aliphatic rings. The largest absolute Gasteiger partial charge is 0.310 e. The van der Waals surface area contributed by atoms with Gasteiger partial charge in [0.2, 0.25) is 0 Å². The smallest absolute Gasteiger partial charge is 0.252 e. The van der Waals surface area contributed by atoms with Crippen molar-refractivity contribution in [1.29, 1.82) is 0 Å². The van der Waals surface area contributed by atoms with Crippen molar-refractivity contribution in [2.45, 2.75) is 223 Å². The van der Waals surface area contributed by atoms with E-state index in [0.717, 1.165) is 128 Å². The summed E-state index contributed by atoms with van der Waals surface area (Å²) in [5, 5.41) is 2.39. The number of rotatable bonds is 9. The molecular formula is C112H120BN3. The van der Waals surface area contributed by atoms with E-state index in [1.807, 2.05) is 6.07 Å². The van der Waals surface area contributed by atoms with Gasteiger partial charge in [-0.05, 0) is 252 Å². The highest BCUT2D eigenvalue weighted by Crippen LogP contribution is 2.57. The fourth-order valence-electron chi connectivity index (χ4n) is 17.9. The van der Waals surface area contributed by atoms with Crippen molar-refractivity contribution in [1.82, 2.24) is 4.57 Å². The Balaban J connectivity index is 1.18. The number of fused-ring (bicyclic) bond motifs is 7. The van der Waals surface area contributed by atoms with Crippen LogP contribution in [0, 0.1) is 13.7 Å². The molecule has 0 spiro atoms. The molecule has 3 nitrogen and oxygen atoms in total. The second-order valence-corrected chi connectivity index (χ2v) is 41.6. The normalized spacial score (nSPS) is 14.5. The third-order valence-electron chi connectivity index (χ3n) is 24.8. The summed E-state index contributed by atoms with van der Waals surface area (Å²) >= 11 is 0. The van der Waals surface area contributed by atoms with Crippen molar-refractivity contribution in [2.24, 2.45) is 0 Å². The monoisotopic (exact) mass is 1520 g/mol. The molecule has 16 rings (SSSR count). The average Bonchev–Trinajstić information content (AvgIpc) is 0.751. The minimum absolute atomic E-state index is 0.0259. The van der Waals surface area contributed by atoms with Gasteiger partial charge in [0.15, 0.2) is 0 Å². The van der Waals surface area contributed by atoms with Gasteiger partial charge in [-0.25, -0.2) is 0 Å². The zero-order valence-electron chi connectivity index (χ0n) is 79.2. The lowest BCUT2D eigenvalue weighted by molar-refractivity contribution is 0.569. The van der Waals surface area contributed by atoms with Crippen LogP contribution in [-0.2, 0) is 43.3 Å². The fraction of sp³-hybridized carbons (Fsp3) is 0.304. The van der Waals surface area contributed by atoms with E-state index < -0.39 is 20.4 Å². The maximum atomic E-state index is 9.36. The zero-order valence-corrected chi connectivity index (χ0v) is 73.2. The Labute approximate surface area is 703 Å². The van der Waals surface area contributed by atoms with Crippen molar-refractivity contribution >= 4 is 79.0 Å². The molecule has 116 heavy (non-hydrogen) atoms. The highest BCUT2D eigenvalue weighted by atomic mass is 15.2. The SMILES string of the molecule is [2H]C([2H])([2H])c1cccc(C([2H])([2H])[2H])c1-c1ccc2c(c1)N(c1c(-c3ccccc3)cc(C(C)(C)C)cc1-c1cccc(C(C)(C)C)c1)c1cc(-c3ccc(C(C)(C)C)cc3C(C)(C)C)cc3c1B2c1ccc(-n2c4ccc(C(C)(C)C)cc4c4cc(C(C)(C)C)ccc42)cc1N3c1c(-c2ccccc2)cc(C(C)(C)C)cc1-c1cccc(C(C)(C)C)c1. The first-order valence-corrected chi connectivity index (χ1v) is 42.0. The number of benzene rings is 13. The lowest BCUT2D eigenvalue weighted by Gasteiger charge is -2.46. The fourth-order valence-corrected chi connectivity index (χ4v) is 17.9. The first kappa shape index (κ1) is 71.8. The molecule has 0 saturated carbocycles. The molecule has 13 aromatic carbocycles. The minimum Gasteiger partial charge on any atom is -0.310 e. The van der Waals surface area contributed by atoms with Crippen LogP contribution in [0.1, 0.15) is 230 Å². The van der Waals surface area contributed by atoms with Gasteiger partial charge in [0.1, 0.15) is 0 Å². The molecule has 0 bridgehead atoms. The van der Waals surface area contributed by atoms with Crippen molar-refractivity contribution in [3.8, 4) is 72.4 Å². The first-order chi connectivity index (χ1) is 56.8. The summed E-state index contributed by atoms with van der Waals surface area (Å²) in [6.07, 6.45) is 0. The third-order valence-corrected chi connectivity index (χ3v) is 24.8. The van der Waals surface area contributed by atoms with E-state index in [0.29, 0.717) is 5.56 Å². The highest BCUT2D eigenvalue weighted by Gasteiger charge is 2.47. The predicted molar refractivity (Wildman–Crippen MR) is 506 cm³/mol. The molecule has 2 aliphatic heterocycles. The van der Waals surface area contributed by atoms with Gasteiger partial charge in [0.25, 0.3) is 6.71 Å². The van der Waals surface area contributed by atoms with Crippen LogP contribution in [0.25, 0.3) is 94.3 Å². The summed E-state index contributed by atoms with van der Waals surface area (Å²) in [7, 11) is 0. The molecule has 4 heteroatoms. The Morgan fingerprint density at radius 1 is 0.259 bits per heavy atom. The van der Waals surface area contributed by atoms with Crippen LogP contribution in [0.3, 0.4) is 0 Å². The first-order valence-electron chi connectivity index (χ1n) is 45.0. The number of aromatic nitrogens is 1. The van der Waals surface area contributed by atoms with Crippen LogP contribution in [-0.4, -0.2) is 11.3 Å². The number of anilines is 6. The Hall–Kier alpha value is -10.7. The summed E-state index contributed by atoms with van der Waals surface area (Å²) in [4.78, 5) is 5.23. The Morgan fingerprint density at radius 3 is 1.05 bits per heavy atom. The second-order valence-electron chi connectivity index (χ2n) is 41.6. The van der Waals surface area contributed by atoms with Crippen LogP contribution >= 0.6 is 0 Å². The number of hydrogen-bond acceptors (Lipinski definition) is 2. The van der Waals surface area contributed by atoms with Crippen molar-refractivity contribution in [3.05, 3.63) is 310 Å². The molecule has 0 fully saturated rings. The Bertz CT molecular complexity index is 6390. The van der Waals surface area contributed by atoms with E-state index in [1.165, 1.54) is 49.7 Å². The molecule has 0 aliphatic carbocycles. The van der Waals surface area contributed by atoms with Gasteiger partial charge >= 0.3 is 0 Å². The van der Waals surface area contributed by atoms with E-state index in [4.69, 9.17) is 0 Å². The average molecular weight is 1530 g/mol. The molecule has 0 unspecified atom stereocenters. The molecule has 0 N–H and O–H groups in total.